The van der Waals surface area contributed by atoms with Crippen LogP contribution in [0.25, 0.3) is 0 Å². The molecule has 0 aliphatic carbocycles. The highest BCUT2D eigenvalue weighted by Crippen LogP contribution is 2.12. The summed E-state index contributed by atoms with van der Waals surface area (Å²) in [6.45, 7) is 4.06. The van der Waals surface area contributed by atoms with Gasteiger partial charge in [-0.25, -0.2) is 9.78 Å². The molecule has 0 amide bonds. The van der Waals surface area contributed by atoms with Crippen LogP contribution < -0.4 is 11.2 Å². The van der Waals surface area contributed by atoms with E-state index in [9.17, 15) is 9.59 Å². The summed E-state index contributed by atoms with van der Waals surface area (Å²) in [7, 11) is 0. The zero-order valence-electron chi connectivity index (χ0n) is 10.7. The smallest absolute Gasteiger partial charge is 0.297 e. The van der Waals surface area contributed by atoms with Gasteiger partial charge >= 0.3 is 5.69 Å². The Labute approximate surface area is 118 Å². The van der Waals surface area contributed by atoms with Gasteiger partial charge < -0.3 is 0 Å². The van der Waals surface area contributed by atoms with Crippen LogP contribution in [0.2, 0.25) is 5.15 Å². The van der Waals surface area contributed by atoms with E-state index in [1.54, 1.807) is 6.20 Å². The van der Waals surface area contributed by atoms with Gasteiger partial charge in [-0.05, 0) is 13.3 Å². The Balaban J connectivity index is 2.48. The molecule has 0 fully saturated rings. The third-order valence-corrected chi connectivity index (χ3v) is 3.91. The molecule has 0 radical (unpaired) electrons. The molecule has 0 spiro atoms. The second-order valence-electron chi connectivity index (χ2n) is 4.23. The number of aryl methyl sites for hydroxylation is 1. The Morgan fingerprint density at radius 2 is 2.21 bits per heavy atom. The van der Waals surface area contributed by atoms with Crippen molar-refractivity contribution >= 4 is 22.9 Å². The summed E-state index contributed by atoms with van der Waals surface area (Å²) >= 11 is 7.38. The summed E-state index contributed by atoms with van der Waals surface area (Å²) in [5.74, 6) is 0. The van der Waals surface area contributed by atoms with Gasteiger partial charge in [-0.3, -0.25) is 14.3 Å². The van der Waals surface area contributed by atoms with E-state index in [4.69, 9.17) is 11.6 Å². The predicted molar refractivity (Wildman–Crippen MR) is 76.3 cm³/mol. The summed E-state index contributed by atoms with van der Waals surface area (Å²) in [4.78, 5) is 31.8. The Morgan fingerprint density at radius 1 is 1.47 bits per heavy atom. The maximum Gasteiger partial charge on any atom is 0.329 e. The number of aromatic nitrogens is 3. The van der Waals surface area contributed by atoms with Gasteiger partial charge in [-0.15, -0.1) is 11.3 Å². The maximum atomic E-state index is 12.2. The SMILES string of the molecule is CCCc1c(Cl)[nH]c(=O)n(Cc2ncc(C)s2)c1=O. The molecule has 0 saturated heterocycles. The van der Waals surface area contributed by atoms with E-state index in [0.29, 0.717) is 12.0 Å². The van der Waals surface area contributed by atoms with Gasteiger partial charge in [0, 0.05) is 11.1 Å². The van der Waals surface area contributed by atoms with Crippen molar-refractivity contribution in [1.82, 2.24) is 14.5 Å². The number of H-pyrrole nitrogens is 1. The van der Waals surface area contributed by atoms with E-state index in [-0.39, 0.29) is 17.3 Å². The fraction of sp³-hybridized carbons (Fsp3) is 0.417. The molecular weight excluding hydrogens is 286 g/mol. The van der Waals surface area contributed by atoms with E-state index in [0.717, 1.165) is 20.9 Å². The second-order valence-corrected chi connectivity index (χ2v) is 5.93. The minimum Gasteiger partial charge on any atom is -0.297 e. The van der Waals surface area contributed by atoms with Crippen LogP contribution in [-0.4, -0.2) is 14.5 Å². The molecule has 2 aromatic heterocycles. The molecule has 0 atom stereocenters. The number of hydrogen-bond acceptors (Lipinski definition) is 4. The monoisotopic (exact) mass is 299 g/mol. The van der Waals surface area contributed by atoms with Crippen LogP contribution in [0.5, 0.6) is 0 Å². The summed E-state index contributed by atoms with van der Waals surface area (Å²) in [5.41, 5.74) is -0.372. The summed E-state index contributed by atoms with van der Waals surface area (Å²) in [6.07, 6.45) is 3.06. The highest BCUT2D eigenvalue weighted by Gasteiger charge is 2.13. The lowest BCUT2D eigenvalue weighted by atomic mass is 10.2. The standard InChI is InChI=1S/C12H14ClN3O2S/c1-3-4-8-10(13)15-12(18)16(11(8)17)6-9-14-5-7(2)19-9/h5H,3-4,6H2,1-2H3,(H,15,18). The van der Waals surface area contributed by atoms with Crippen molar-refractivity contribution in [3.05, 3.63) is 47.6 Å². The number of thiazole rings is 1. The predicted octanol–water partition coefficient (Wildman–Crippen LogP) is 1.96. The number of aromatic amines is 1. The summed E-state index contributed by atoms with van der Waals surface area (Å²) in [6, 6.07) is 0. The molecule has 2 rings (SSSR count). The van der Waals surface area contributed by atoms with E-state index >= 15 is 0 Å². The first kappa shape index (κ1) is 14.0. The van der Waals surface area contributed by atoms with Gasteiger partial charge in [-0.1, -0.05) is 24.9 Å². The quantitative estimate of drug-likeness (QED) is 0.878. The first-order chi connectivity index (χ1) is 9.02. The Kier molecular flexibility index (Phi) is 4.21. The van der Waals surface area contributed by atoms with Gasteiger partial charge in [0.05, 0.1) is 12.1 Å². The van der Waals surface area contributed by atoms with E-state index in [1.807, 2.05) is 13.8 Å². The molecular formula is C12H14ClN3O2S. The fourth-order valence-corrected chi connectivity index (χ4v) is 2.84. The second kappa shape index (κ2) is 5.71. The zero-order chi connectivity index (χ0) is 14.0. The first-order valence-electron chi connectivity index (χ1n) is 5.95. The number of hydrogen-bond donors (Lipinski definition) is 1. The Hall–Kier alpha value is -1.40. The van der Waals surface area contributed by atoms with Crippen molar-refractivity contribution in [2.24, 2.45) is 0 Å². The van der Waals surface area contributed by atoms with Crippen LogP contribution in [0.4, 0.5) is 0 Å². The molecule has 19 heavy (non-hydrogen) atoms. The minimum absolute atomic E-state index is 0.142. The van der Waals surface area contributed by atoms with Gasteiger partial charge in [-0.2, -0.15) is 0 Å². The summed E-state index contributed by atoms with van der Waals surface area (Å²) in [5, 5.41) is 0.873. The molecule has 0 aliphatic rings. The van der Waals surface area contributed by atoms with Crippen molar-refractivity contribution < 1.29 is 0 Å². The zero-order valence-corrected chi connectivity index (χ0v) is 12.3. The third kappa shape index (κ3) is 2.96. The van der Waals surface area contributed by atoms with Crippen LogP contribution in [-0.2, 0) is 13.0 Å². The summed E-state index contributed by atoms with van der Waals surface area (Å²) < 4.78 is 1.15. The number of halogens is 1. The van der Waals surface area contributed by atoms with Crippen LogP contribution in [0, 0.1) is 6.92 Å². The molecule has 0 aliphatic heterocycles. The molecule has 0 bridgehead atoms. The van der Waals surface area contributed by atoms with Crippen molar-refractivity contribution in [1.29, 1.82) is 0 Å². The highest BCUT2D eigenvalue weighted by molar-refractivity contribution is 7.11. The number of rotatable bonds is 4. The first-order valence-corrected chi connectivity index (χ1v) is 7.15. The molecule has 2 heterocycles. The van der Waals surface area contributed by atoms with Gasteiger partial charge in [0.1, 0.15) is 10.2 Å². The molecule has 0 unspecified atom stereocenters. The molecule has 0 aromatic carbocycles. The van der Waals surface area contributed by atoms with Gasteiger partial charge in [0.25, 0.3) is 5.56 Å². The fourth-order valence-electron chi connectivity index (χ4n) is 1.81. The Bertz CT molecular complexity index is 702. The highest BCUT2D eigenvalue weighted by atomic mass is 35.5. The number of nitrogens with zero attached hydrogens (tertiary/aromatic N) is 2. The molecule has 1 N–H and O–H groups in total. The number of nitrogens with one attached hydrogen (secondary N) is 1. The lowest BCUT2D eigenvalue weighted by Crippen LogP contribution is -2.37. The molecule has 5 nitrogen and oxygen atoms in total. The largest absolute Gasteiger partial charge is 0.329 e. The van der Waals surface area contributed by atoms with Crippen LogP contribution >= 0.6 is 22.9 Å². The van der Waals surface area contributed by atoms with E-state index < -0.39 is 5.69 Å². The molecule has 0 saturated carbocycles. The Morgan fingerprint density at radius 3 is 2.79 bits per heavy atom. The minimum atomic E-state index is -0.497. The van der Waals surface area contributed by atoms with Crippen LogP contribution in [0.1, 0.15) is 28.8 Å². The van der Waals surface area contributed by atoms with Crippen molar-refractivity contribution in [2.75, 3.05) is 0 Å². The van der Waals surface area contributed by atoms with Crippen LogP contribution in [0.3, 0.4) is 0 Å². The van der Waals surface area contributed by atoms with Crippen molar-refractivity contribution in [2.45, 2.75) is 33.2 Å². The third-order valence-electron chi connectivity index (χ3n) is 2.69. The van der Waals surface area contributed by atoms with Crippen molar-refractivity contribution in [3.63, 3.8) is 0 Å². The lowest BCUT2D eigenvalue weighted by molar-refractivity contribution is 0.677. The molecule has 2 aromatic rings. The van der Waals surface area contributed by atoms with Crippen LogP contribution in [0.15, 0.2) is 15.8 Å². The maximum absolute atomic E-state index is 12.2. The lowest BCUT2D eigenvalue weighted by Gasteiger charge is -2.06. The average molecular weight is 300 g/mol. The normalized spacial score (nSPS) is 10.9. The van der Waals surface area contributed by atoms with Crippen molar-refractivity contribution in [3.8, 4) is 0 Å². The van der Waals surface area contributed by atoms with E-state index in [1.165, 1.54) is 11.3 Å². The molecule has 7 heteroatoms. The topological polar surface area (TPSA) is 67.8 Å². The molecule has 102 valence electrons. The van der Waals surface area contributed by atoms with E-state index in [2.05, 4.69) is 9.97 Å². The average Bonchev–Trinajstić information content (AvgIpc) is 2.76. The van der Waals surface area contributed by atoms with Gasteiger partial charge in [0.15, 0.2) is 0 Å². The van der Waals surface area contributed by atoms with Gasteiger partial charge in [0.2, 0.25) is 0 Å².